The average molecular weight is 1950 g/mol. The van der Waals surface area contributed by atoms with Crippen LogP contribution in [0.1, 0.15) is 488 Å². The summed E-state index contributed by atoms with van der Waals surface area (Å²) in [7, 11) is 0.195. The summed E-state index contributed by atoms with van der Waals surface area (Å²) in [5, 5.41) is 0. The van der Waals surface area contributed by atoms with Crippen molar-refractivity contribution in [2.45, 2.75) is 561 Å². The van der Waals surface area contributed by atoms with Crippen molar-refractivity contribution in [3.05, 3.63) is 136 Å². The molecule has 12 aliphatic carbocycles. The van der Waals surface area contributed by atoms with E-state index in [0.29, 0.717) is 0 Å². The quantitative estimate of drug-likeness (QED) is 0.0353. The molecule has 0 heterocycles. The summed E-state index contributed by atoms with van der Waals surface area (Å²) in [6, 6.07) is 41.5. The van der Waals surface area contributed by atoms with Crippen LogP contribution in [0.4, 0.5) is 0 Å². The third kappa shape index (κ3) is 34.6. The molecule has 0 aromatic heterocycles. The van der Waals surface area contributed by atoms with Crippen LogP contribution in [0.3, 0.4) is 0 Å². The van der Waals surface area contributed by atoms with Gasteiger partial charge in [-0.05, 0) is 375 Å². The van der Waals surface area contributed by atoms with Crippen molar-refractivity contribution in [2.24, 2.45) is 5.73 Å². The molecule has 12 fully saturated rings. The molecule has 2 N–H and O–H groups in total. The number of hydrogen-bond acceptors (Lipinski definition) is 5. The van der Waals surface area contributed by atoms with Crippen molar-refractivity contribution >= 4 is 47.5 Å². The molecule has 0 amide bonds. The van der Waals surface area contributed by atoms with Crippen molar-refractivity contribution in [3.63, 3.8) is 0 Å². The fraction of sp³-hybridized carbons (Fsp3) is 0.806. The Bertz CT molecular complexity index is 3160. The van der Waals surface area contributed by atoms with E-state index in [-0.39, 0.29) is 52.9 Å². The second kappa shape index (κ2) is 60.4. The second-order valence-electron chi connectivity index (χ2n) is 47.7. The molecular formula is C124H204N4OP6. The Morgan fingerprint density at radius 3 is 0.593 bits per heavy atom. The zero-order chi connectivity index (χ0) is 91.8. The van der Waals surface area contributed by atoms with Crippen molar-refractivity contribution in [1.82, 2.24) is 14.7 Å². The van der Waals surface area contributed by atoms with Crippen molar-refractivity contribution < 1.29 is 4.74 Å². The van der Waals surface area contributed by atoms with Gasteiger partial charge in [0.2, 0.25) is 0 Å². The van der Waals surface area contributed by atoms with Crippen LogP contribution in [0.2, 0.25) is 0 Å². The lowest BCUT2D eigenvalue weighted by Crippen LogP contribution is -2.35. The molecule has 4 aromatic carbocycles. The first-order valence-corrected chi connectivity index (χ1v) is 70.2. The summed E-state index contributed by atoms with van der Waals surface area (Å²) >= 11 is 0. The summed E-state index contributed by atoms with van der Waals surface area (Å²) < 4.78 is 6.66. The number of aryl methyl sites for hydroxylation is 3. The molecule has 0 atom stereocenters. The molecule has 0 unspecified atom stereocenters. The molecule has 0 spiro atoms. The number of unbranched alkanes of at least 4 members (excludes halogenated alkanes) is 3. The van der Waals surface area contributed by atoms with E-state index in [1.165, 1.54) is 359 Å². The van der Waals surface area contributed by atoms with Gasteiger partial charge in [0, 0.05) is 57.3 Å². The number of nitrogens with two attached hydrogens (primary N) is 1. The minimum absolute atomic E-state index is 0.0325. The Morgan fingerprint density at radius 2 is 0.400 bits per heavy atom. The molecule has 756 valence electrons. The first-order chi connectivity index (χ1) is 66.9. The Morgan fingerprint density at radius 1 is 0.215 bits per heavy atom. The van der Waals surface area contributed by atoms with Gasteiger partial charge in [-0.1, -0.05) is 376 Å². The number of hydrogen-bond donors (Lipinski definition) is 1. The highest BCUT2D eigenvalue weighted by molar-refractivity contribution is 7.61. The minimum atomic E-state index is 0.0325. The molecule has 0 radical (unpaired) electrons. The summed E-state index contributed by atoms with van der Waals surface area (Å²) in [5.74, 6) is 1.05. The van der Waals surface area contributed by atoms with Gasteiger partial charge < -0.3 is 10.5 Å². The lowest BCUT2D eigenvalue weighted by atomic mass is 9.69. The van der Waals surface area contributed by atoms with Gasteiger partial charge in [-0.3, -0.25) is 14.7 Å². The standard InChI is InChI=1S/C124H204N4OP6/c125-93-39-1-2-40-97-129-111-85-83-110(84-86-111)124(90-41-44-104-71-77-107(78-72-104)87-94-126(98-130(112-47-15-3-16-48-112)113-49-17-4-18-50-113)99-131(114-51-19-5-20-52-114)115-53-21-6-22-54-115,91-42-45-105-73-79-108(80-74-105)88-95-127(100-132(116-55-23-7-24-56-116)117-57-25-8-26-58-117)101-133(118-59-27-9-28-60-118)119-61-29-10-30-62-119)92-43-46-106-75-81-109(82-76-106)89-96-128(102-134(120-63-31-11-32-64-120)121-65-33-12-34-66-121)103-135(122-67-35-13-36-68-122)123-69-37-14-38-70-123/h71-86,112-123H,1-70,87-103,125H2. The van der Waals surface area contributed by atoms with E-state index in [2.05, 4.69) is 112 Å². The van der Waals surface area contributed by atoms with Gasteiger partial charge in [0.25, 0.3) is 0 Å². The normalized spacial score (nSPS) is 22.1. The maximum Gasteiger partial charge on any atom is 0.119 e. The van der Waals surface area contributed by atoms with Crippen molar-refractivity contribution in [1.29, 1.82) is 0 Å². The highest BCUT2D eigenvalue weighted by Gasteiger charge is 2.42. The molecule has 0 bridgehead atoms. The van der Waals surface area contributed by atoms with Crippen LogP contribution in [0, 0.1) is 0 Å². The molecule has 5 nitrogen and oxygen atoms in total. The van der Waals surface area contributed by atoms with E-state index < -0.39 is 0 Å². The average Bonchev–Trinajstić information content (AvgIpc) is 0.795. The van der Waals surface area contributed by atoms with Crippen LogP contribution in [0.15, 0.2) is 97.1 Å². The highest BCUT2D eigenvalue weighted by atomic mass is 31.1. The summed E-state index contributed by atoms with van der Waals surface area (Å²) in [5.41, 5.74) is 29.4. The van der Waals surface area contributed by atoms with Crippen molar-refractivity contribution in [2.75, 3.05) is 70.5 Å². The Labute approximate surface area is 840 Å². The molecule has 12 saturated carbocycles. The summed E-state index contributed by atoms with van der Waals surface area (Å²) in [6.45, 7) is 5.44. The zero-order valence-corrected chi connectivity index (χ0v) is 92.6. The number of nitrogens with zero attached hydrogens (tertiary/aromatic N) is 3. The van der Waals surface area contributed by atoms with E-state index in [1.807, 2.05) is 0 Å². The monoisotopic (exact) mass is 1950 g/mol. The van der Waals surface area contributed by atoms with Crippen LogP contribution < -0.4 is 10.5 Å². The Kier molecular flexibility index (Phi) is 47.8. The first kappa shape index (κ1) is 107. The lowest BCUT2D eigenvalue weighted by molar-refractivity contribution is 0.301. The van der Waals surface area contributed by atoms with Crippen molar-refractivity contribution in [3.8, 4) is 5.75 Å². The molecule has 0 saturated heterocycles. The number of rotatable bonds is 53. The van der Waals surface area contributed by atoms with Gasteiger partial charge in [-0.2, -0.15) is 0 Å². The molecule has 16 rings (SSSR count). The topological polar surface area (TPSA) is 45.0 Å². The van der Waals surface area contributed by atoms with E-state index in [1.54, 1.807) is 193 Å². The number of ether oxygens (including phenoxy) is 1. The summed E-state index contributed by atoms with van der Waals surface area (Å²) in [6.07, 6.45) is 119. The largest absolute Gasteiger partial charge is 0.494 e. The molecule has 12 aliphatic rings. The fourth-order valence-electron chi connectivity index (χ4n) is 29.9. The molecule has 11 heteroatoms. The zero-order valence-electron chi connectivity index (χ0n) is 87.2. The fourth-order valence-corrected chi connectivity index (χ4v) is 53.3. The van der Waals surface area contributed by atoms with Gasteiger partial charge in [-0.15, -0.1) is 0 Å². The second-order valence-corrected chi connectivity index (χ2v) is 64.4. The molecule has 0 aliphatic heterocycles. The maximum absolute atomic E-state index is 6.66. The predicted octanol–water partition coefficient (Wildman–Crippen LogP) is 37.1. The highest BCUT2D eigenvalue weighted by Crippen LogP contribution is 2.65. The number of benzene rings is 4. The van der Waals surface area contributed by atoms with Gasteiger partial charge in [0.15, 0.2) is 0 Å². The molecule has 4 aromatic rings. The van der Waals surface area contributed by atoms with Gasteiger partial charge in [-0.25, -0.2) is 0 Å². The van der Waals surface area contributed by atoms with Crippen LogP contribution in [-0.2, 0) is 43.9 Å². The third-order valence-corrected chi connectivity index (χ3v) is 59.9. The lowest BCUT2D eigenvalue weighted by Gasteiger charge is -2.44. The van der Waals surface area contributed by atoms with E-state index in [0.717, 1.165) is 119 Å². The smallest absolute Gasteiger partial charge is 0.119 e. The van der Waals surface area contributed by atoms with E-state index in [4.69, 9.17) is 10.5 Å². The first-order valence-electron chi connectivity index (χ1n) is 60.3. The van der Waals surface area contributed by atoms with Crippen LogP contribution >= 0.6 is 47.5 Å². The van der Waals surface area contributed by atoms with Gasteiger partial charge >= 0.3 is 0 Å². The Balaban J connectivity index is 0.642. The third-order valence-electron chi connectivity index (χ3n) is 38.1. The van der Waals surface area contributed by atoms with Gasteiger partial charge in [0.1, 0.15) is 5.75 Å². The van der Waals surface area contributed by atoms with E-state index >= 15 is 0 Å². The summed E-state index contributed by atoms with van der Waals surface area (Å²) in [4.78, 5) is 9.75. The van der Waals surface area contributed by atoms with Crippen LogP contribution in [0.25, 0.3) is 0 Å². The minimum Gasteiger partial charge on any atom is -0.494 e. The maximum atomic E-state index is 6.66. The van der Waals surface area contributed by atoms with E-state index in [9.17, 15) is 0 Å². The Hall–Kier alpha value is -0.900. The SMILES string of the molecule is NCCCCCCOc1ccc(C(CCCc2ccc(CCN(CP(C3CCCCC3)C3CCCCC3)CP(C3CCCCC3)C3CCCCC3)cc2)(CCCc2ccc(CCN(CP(C3CCCCC3)C3CCCCC3)CP(C3CCCCC3)C3CCCCC3)cc2)CCCc2ccc(CCN(CP(C3CCCCC3)C3CCCCC3)CP(C3CCCCC3)C3CCCCC3)cc2)cc1. The molecule has 135 heavy (non-hydrogen) atoms. The van der Waals surface area contributed by atoms with Crippen LogP contribution in [-0.4, -0.2) is 153 Å². The van der Waals surface area contributed by atoms with Crippen LogP contribution in [0.5, 0.6) is 5.75 Å². The molecular weight excluding hydrogens is 1750 g/mol. The van der Waals surface area contributed by atoms with Gasteiger partial charge in [0.05, 0.1) is 6.61 Å². The predicted molar refractivity (Wildman–Crippen MR) is 604 cm³/mol.